The van der Waals surface area contributed by atoms with E-state index in [2.05, 4.69) is 20.7 Å². The van der Waals surface area contributed by atoms with E-state index in [9.17, 15) is 13.2 Å². The van der Waals surface area contributed by atoms with Crippen molar-refractivity contribution in [3.63, 3.8) is 0 Å². The average Bonchev–Trinajstić information content (AvgIpc) is 3.06. The number of halogens is 1. The maximum Gasteiger partial charge on any atom is 0.336 e. The van der Waals surface area contributed by atoms with Crippen LogP contribution in [0.2, 0.25) is 0 Å². The molecular formula is C12H14BrNO4S. The lowest BCUT2D eigenvalue weighted by atomic mass is 10.2. The second kappa shape index (κ2) is 4.88. The average molecular weight is 348 g/mol. The predicted molar refractivity (Wildman–Crippen MR) is 73.6 cm³/mol. The Morgan fingerprint density at radius 2 is 2.11 bits per heavy atom. The van der Waals surface area contributed by atoms with Crippen LogP contribution in [0.5, 0.6) is 0 Å². The Bertz CT molecular complexity index is 623. The number of hydrogen-bond donors (Lipinski definition) is 2. The zero-order chi connectivity index (χ0) is 14.3. The minimum atomic E-state index is -3.66. The van der Waals surface area contributed by atoms with E-state index >= 15 is 0 Å². The van der Waals surface area contributed by atoms with Gasteiger partial charge < -0.3 is 5.11 Å². The summed E-state index contributed by atoms with van der Waals surface area (Å²) in [6.07, 6.45) is 2.02. The maximum atomic E-state index is 12.1. The van der Waals surface area contributed by atoms with Gasteiger partial charge in [0.1, 0.15) is 0 Å². The fourth-order valence-electron chi connectivity index (χ4n) is 1.58. The Kier molecular flexibility index (Phi) is 3.72. The summed E-state index contributed by atoms with van der Waals surface area (Å²) in [7, 11) is -3.66. The van der Waals surface area contributed by atoms with E-state index in [0.717, 1.165) is 18.9 Å². The molecule has 2 N–H and O–H groups in total. The Balaban J connectivity index is 2.24. The van der Waals surface area contributed by atoms with Gasteiger partial charge in [0.15, 0.2) is 0 Å². The number of sulfonamides is 1. The minimum absolute atomic E-state index is 0.0302. The van der Waals surface area contributed by atoms with Gasteiger partial charge in [-0.2, -0.15) is 0 Å². The fraction of sp³-hybridized carbons (Fsp3) is 0.417. The molecule has 1 aromatic rings. The van der Waals surface area contributed by atoms with Gasteiger partial charge in [-0.1, -0.05) is 6.92 Å². The Hall–Kier alpha value is -0.920. The molecule has 1 aromatic carbocycles. The number of hydrogen-bond acceptors (Lipinski definition) is 3. The Morgan fingerprint density at radius 1 is 1.47 bits per heavy atom. The largest absolute Gasteiger partial charge is 0.478 e. The lowest BCUT2D eigenvalue weighted by Gasteiger charge is -2.11. The van der Waals surface area contributed by atoms with E-state index < -0.39 is 16.0 Å². The SMILES string of the molecule is CC1(CNS(=O)(=O)c2ccc(Br)c(C(=O)O)c2)CC1. The van der Waals surface area contributed by atoms with E-state index in [0.29, 0.717) is 11.0 Å². The molecule has 7 heteroatoms. The fourth-order valence-corrected chi connectivity index (χ4v) is 3.22. The van der Waals surface area contributed by atoms with Crippen LogP contribution in [0.1, 0.15) is 30.1 Å². The molecule has 0 aliphatic heterocycles. The molecule has 0 amide bonds. The topological polar surface area (TPSA) is 83.5 Å². The van der Waals surface area contributed by atoms with Gasteiger partial charge in [0.25, 0.3) is 0 Å². The smallest absolute Gasteiger partial charge is 0.336 e. The van der Waals surface area contributed by atoms with Crippen molar-refractivity contribution in [2.75, 3.05) is 6.54 Å². The number of carboxylic acid groups (broad SMARTS) is 1. The van der Waals surface area contributed by atoms with Crippen molar-refractivity contribution in [3.05, 3.63) is 28.2 Å². The van der Waals surface area contributed by atoms with Gasteiger partial charge in [0, 0.05) is 11.0 Å². The van der Waals surface area contributed by atoms with Gasteiger partial charge in [-0.05, 0) is 52.4 Å². The molecule has 0 atom stereocenters. The molecule has 1 saturated carbocycles. The third kappa shape index (κ3) is 3.34. The summed E-state index contributed by atoms with van der Waals surface area (Å²) < 4.78 is 27.0. The second-order valence-corrected chi connectivity index (χ2v) is 7.70. The molecular weight excluding hydrogens is 334 g/mol. The first-order valence-corrected chi connectivity index (χ1v) is 8.04. The van der Waals surface area contributed by atoms with Gasteiger partial charge in [0.05, 0.1) is 10.5 Å². The molecule has 5 nitrogen and oxygen atoms in total. The molecule has 2 rings (SSSR count). The molecule has 1 aliphatic carbocycles. The van der Waals surface area contributed by atoms with Crippen LogP contribution in [-0.2, 0) is 10.0 Å². The van der Waals surface area contributed by atoms with Crippen LogP contribution >= 0.6 is 15.9 Å². The molecule has 0 bridgehead atoms. The third-order valence-electron chi connectivity index (χ3n) is 3.27. The van der Waals surface area contributed by atoms with Crippen molar-refractivity contribution in [1.29, 1.82) is 0 Å². The number of rotatable bonds is 5. The van der Waals surface area contributed by atoms with Gasteiger partial charge >= 0.3 is 5.97 Å². The number of carbonyl (C=O) groups is 1. The monoisotopic (exact) mass is 347 g/mol. The first-order chi connectivity index (χ1) is 8.73. The van der Waals surface area contributed by atoms with Crippen LogP contribution in [0, 0.1) is 5.41 Å². The highest BCUT2D eigenvalue weighted by Crippen LogP contribution is 2.44. The van der Waals surface area contributed by atoms with Crippen LogP contribution in [0.25, 0.3) is 0 Å². The Morgan fingerprint density at radius 3 is 2.63 bits per heavy atom. The van der Waals surface area contributed by atoms with Crippen molar-refractivity contribution >= 4 is 31.9 Å². The number of benzene rings is 1. The lowest BCUT2D eigenvalue weighted by molar-refractivity contribution is 0.0695. The molecule has 19 heavy (non-hydrogen) atoms. The minimum Gasteiger partial charge on any atom is -0.478 e. The van der Waals surface area contributed by atoms with Crippen LogP contribution < -0.4 is 4.72 Å². The summed E-state index contributed by atoms with van der Waals surface area (Å²) in [4.78, 5) is 11.0. The molecule has 1 fully saturated rings. The zero-order valence-electron chi connectivity index (χ0n) is 10.3. The number of carboxylic acids is 1. The molecule has 104 valence electrons. The molecule has 0 saturated heterocycles. The molecule has 0 spiro atoms. The van der Waals surface area contributed by atoms with Crippen LogP contribution in [0.4, 0.5) is 0 Å². The predicted octanol–water partition coefficient (Wildman–Crippen LogP) is 2.23. The van der Waals surface area contributed by atoms with Gasteiger partial charge in [-0.15, -0.1) is 0 Å². The highest BCUT2D eigenvalue weighted by Gasteiger charge is 2.38. The molecule has 0 aromatic heterocycles. The number of nitrogens with one attached hydrogen (secondary N) is 1. The third-order valence-corrected chi connectivity index (χ3v) is 5.36. The molecule has 0 heterocycles. The van der Waals surface area contributed by atoms with Crippen molar-refractivity contribution in [2.24, 2.45) is 5.41 Å². The van der Waals surface area contributed by atoms with Crippen molar-refractivity contribution in [2.45, 2.75) is 24.7 Å². The Labute approximate surface area is 120 Å². The normalized spacial score (nSPS) is 17.2. The second-order valence-electron chi connectivity index (χ2n) is 5.08. The van der Waals surface area contributed by atoms with Crippen molar-refractivity contribution in [1.82, 2.24) is 4.72 Å². The van der Waals surface area contributed by atoms with Crippen LogP contribution in [0.15, 0.2) is 27.6 Å². The number of aromatic carboxylic acids is 1. The first-order valence-electron chi connectivity index (χ1n) is 5.76. The maximum absolute atomic E-state index is 12.1. The zero-order valence-corrected chi connectivity index (χ0v) is 12.7. The first kappa shape index (κ1) is 14.5. The summed E-state index contributed by atoms with van der Waals surface area (Å²) >= 11 is 3.08. The van der Waals surface area contributed by atoms with E-state index in [1.54, 1.807) is 0 Å². The van der Waals surface area contributed by atoms with Crippen molar-refractivity contribution < 1.29 is 18.3 Å². The van der Waals surface area contributed by atoms with Crippen molar-refractivity contribution in [3.8, 4) is 0 Å². The molecule has 0 unspecified atom stereocenters. The van der Waals surface area contributed by atoms with Gasteiger partial charge in [-0.25, -0.2) is 17.9 Å². The summed E-state index contributed by atoms with van der Waals surface area (Å²) in [5.41, 5.74) is -0.0153. The summed E-state index contributed by atoms with van der Waals surface area (Å²) in [5.74, 6) is -1.17. The highest BCUT2D eigenvalue weighted by molar-refractivity contribution is 9.10. The van der Waals surface area contributed by atoms with Crippen LogP contribution in [0.3, 0.4) is 0 Å². The van der Waals surface area contributed by atoms with E-state index in [1.165, 1.54) is 12.1 Å². The lowest BCUT2D eigenvalue weighted by Crippen LogP contribution is -2.29. The standard InChI is InChI=1S/C12H14BrNO4S/c1-12(4-5-12)7-14-19(17,18)8-2-3-10(13)9(6-8)11(15)16/h2-3,6,14H,4-5,7H2,1H3,(H,15,16). The quantitative estimate of drug-likeness (QED) is 0.855. The van der Waals surface area contributed by atoms with E-state index in [1.807, 2.05) is 6.92 Å². The molecule has 0 radical (unpaired) electrons. The van der Waals surface area contributed by atoms with Gasteiger partial charge in [-0.3, -0.25) is 0 Å². The summed E-state index contributed by atoms with van der Waals surface area (Å²) in [6.45, 7) is 2.40. The van der Waals surface area contributed by atoms with Gasteiger partial charge in [0.2, 0.25) is 10.0 Å². The highest BCUT2D eigenvalue weighted by atomic mass is 79.9. The summed E-state index contributed by atoms with van der Waals surface area (Å²) in [6, 6.07) is 3.97. The summed E-state index contributed by atoms with van der Waals surface area (Å²) in [5, 5.41) is 8.98. The molecule has 1 aliphatic rings. The van der Waals surface area contributed by atoms with E-state index in [-0.39, 0.29) is 15.9 Å². The van der Waals surface area contributed by atoms with Crippen LogP contribution in [-0.4, -0.2) is 26.0 Å². The van der Waals surface area contributed by atoms with E-state index in [4.69, 9.17) is 5.11 Å².